The summed E-state index contributed by atoms with van der Waals surface area (Å²) in [5, 5.41) is 1.04. The molecule has 0 radical (unpaired) electrons. The standard InChI is InChI=1S/C12H8BrCl3OS/c13-11-2-1-9(18-11)6-17-12-7(5-14)3-8(15)4-10(12)16/h1-4H,5-6H2. The molecule has 2 rings (SSSR count). The molecule has 0 atom stereocenters. The zero-order chi connectivity index (χ0) is 13.1. The highest BCUT2D eigenvalue weighted by atomic mass is 79.9. The maximum absolute atomic E-state index is 6.11. The van der Waals surface area contributed by atoms with Gasteiger partial charge in [-0.15, -0.1) is 22.9 Å². The molecule has 1 aromatic heterocycles. The summed E-state index contributed by atoms with van der Waals surface area (Å²) in [6.45, 7) is 0.460. The minimum absolute atomic E-state index is 0.309. The maximum atomic E-state index is 6.11. The molecule has 0 N–H and O–H groups in total. The topological polar surface area (TPSA) is 9.23 Å². The molecule has 0 fully saturated rings. The molecule has 0 aliphatic carbocycles. The zero-order valence-corrected chi connectivity index (χ0v) is 13.7. The Labute approximate surface area is 133 Å². The van der Waals surface area contributed by atoms with Gasteiger partial charge >= 0.3 is 0 Å². The fraction of sp³-hybridized carbons (Fsp3) is 0.167. The van der Waals surface area contributed by atoms with Gasteiger partial charge in [0.15, 0.2) is 0 Å². The van der Waals surface area contributed by atoms with Crippen molar-refractivity contribution in [3.8, 4) is 5.75 Å². The molecule has 96 valence electrons. The molecule has 2 aromatic rings. The Kier molecular flexibility index (Phi) is 5.22. The lowest BCUT2D eigenvalue weighted by molar-refractivity contribution is 0.307. The quantitative estimate of drug-likeness (QED) is 0.574. The number of hydrogen-bond acceptors (Lipinski definition) is 2. The molecular weight excluding hydrogens is 378 g/mol. The van der Waals surface area contributed by atoms with Crippen LogP contribution in [0.5, 0.6) is 5.75 Å². The van der Waals surface area contributed by atoms with Crippen molar-refractivity contribution in [2.75, 3.05) is 0 Å². The first kappa shape index (κ1) is 14.5. The van der Waals surface area contributed by atoms with Crippen LogP contribution in [0.3, 0.4) is 0 Å². The van der Waals surface area contributed by atoms with E-state index in [1.807, 2.05) is 12.1 Å². The van der Waals surface area contributed by atoms with Gasteiger partial charge in [0.25, 0.3) is 0 Å². The molecule has 1 aromatic carbocycles. The minimum Gasteiger partial charge on any atom is -0.486 e. The third-order valence-electron chi connectivity index (χ3n) is 2.22. The highest BCUT2D eigenvalue weighted by molar-refractivity contribution is 9.11. The second-order valence-electron chi connectivity index (χ2n) is 3.50. The normalized spacial score (nSPS) is 10.7. The van der Waals surface area contributed by atoms with Crippen molar-refractivity contribution in [1.29, 1.82) is 0 Å². The summed E-state index contributed by atoms with van der Waals surface area (Å²) in [5.41, 5.74) is 0.796. The van der Waals surface area contributed by atoms with Crippen molar-refractivity contribution in [2.45, 2.75) is 12.5 Å². The van der Waals surface area contributed by atoms with E-state index in [-0.39, 0.29) is 0 Å². The lowest BCUT2D eigenvalue weighted by Gasteiger charge is -2.11. The third-order valence-corrected chi connectivity index (χ3v) is 4.60. The van der Waals surface area contributed by atoms with E-state index in [0.717, 1.165) is 14.2 Å². The zero-order valence-electron chi connectivity index (χ0n) is 9.05. The van der Waals surface area contributed by atoms with Crippen LogP contribution in [0.4, 0.5) is 0 Å². The lowest BCUT2D eigenvalue weighted by atomic mass is 10.2. The van der Waals surface area contributed by atoms with E-state index in [4.69, 9.17) is 39.5 Å². The van der Waals surface area contributed by atoms with Crippen LogP contribution >= 0.6 is 62.1 Å². The Bertz CT molecular complexity index is 556. The van der Waals surface area contributed by atoms with Crippen LogP contribution in [0.1, 0.15) is 10.4 Å². The molecular formula is C12H8BrCl3OS. The summed E-state index contributed by atoms with van der Waals surface area (Å²) in [7, 11) is 0. The average molecular weight is 387 g/mol. The summed E-state index contributed by atoms with van der Waals surface area (Å²) in [4.78, 5) is 1.11. The Balaban J connectivity index is 2.18. The first-order valence-electron chi connectivity index (χ1n) is 5.01. The van der Waals surface area contributed by atoms with Gasteiger partial charge in [0.2, 0.25) is 0 Å². The van der Waals surface area contributed by atoms with Gasteiger partial charge in [-0.05, 0) is 40.2 Å². The van der Waals surface area contributed by atoms with Crippen molar-refractivity contribution in [2.24, 2.45) is 0 Å². The van der Waals surface area contributed by atoms with Crippen molar-refractivity contribution >= 4 is 62.1 Å². The van der Waals surface area contributed by atoms with Crippen LogP contribution in [-0.4, -0.2) is 0 Å². The number of hydrogen-bond donors (Lipinski definition) is 0. The summed E-state index contributed by atoms with van der Waals surface area (Å²) in [5.74, 6) is 0.907. The highest BCUT2D eigenvalue weighted by Crippen LogP contribution is 2.34. The van der Waals surface area contributed by atoms with E-state index < -0.39 is 0 Å². The van der Waals surface area contributed by atoms with Crippen LogP contribution in [0.25, 0.3) is 0 Å². The Morgan fingerprint density at radius 2 is 2.00 bits per heavy atom. The summed E-state index contributed by atoms with van der Waals surface area (Å²) >= 11 is 22.9. The SMILES string of the molecule is ClCc1cc(Cl)cc(Cl)c1OCc1ccc(Br)s1. The lowest BCUT2D eigenvalue weighted by Crippen LogP contribution is -1.97. The Hall–Kier alpha value is 0.0700. The number of benzene rings is 1. The van der Waals surface area contributed by atoms with Gasteiger partial charge in [-0.25, -0.2) is 0 Å². The molecule has 0 saturated heterocycles. The molecule has 0 saturated carbocycles. The highest BCUT2D eigenvalue weighted by Gasteiger charge is 2.11. The fourth-order valence-corrected chi connectivity index (χ4v) is 3.63. The number of halogens is 4. The molecule has 0 bridgehead atoms. The van der Waals surface area contributed by atoms with E-state index in [0.29, 0.717) is 28.3 Å². The largest absolute Gasteiger partial charge is 0.486 e. The maximum Gasteiger partial charge on any atom is 0.142 e. The van der Waals surface area contributed by atoms with Gasteiger partial charge in [0, 0.05) is 15.5 Å². The van der Waals surface area contributed by atoms with E-state index in [2.05, 4.69) is 15.9 Å². The first-order valence-corrected chi connectivity index (χ1v) is 7.91. The van der Waals surface area contributed by atoms with Crippen molar-refractivity contribution in [3.05, 3.63) is 48.5 Å². The Morgan fingerprint density at radius 1 is 1.22 bits per heavy atom. The van der Waals surface area contributed by atoms with Crippen LogP contribution in [0, 0.1) is 0 Å². The smallest absolute Gasteiger partial charge is 0.142 e. The van der Waals surface area contributed by atoms with E-state index >= 15 is 0 Å². The molecule has 0 aliphatic heterocycles. The van der Waals surface area contributed by atoms with E-state index in [1.165, 1.54) is 0 Å². The van der Waals surface area contributed by atoms with Gasteiger partial charge in [-0.2, -0.15) is 0 Å². The van der Waals surface area contributed by atoms with Gasteiger partial charge in [-0.3, -0.25) is 0 Å². The summed E-state index contributed by atoms with van der Waals surface area (Å²) in [6, 6.07) is 7.40. The van der Waals surface area contributed by atoms with E-state index in [1.54, 1.807) is 23.5 Å². The van der Waals surface area contributed by atoms with Crippen molar-refractivity contribution in [1.82, 2.24) is 0 Å². The third kappa shape index (κ3) is 3.55. The number of thiophene rings is 1. The summed E-state index contributed by atoms with van der Waals surface area (Å²) in [6.07, 6.45) is 0. The first-order chi connectivity index (χ1) is 8.60. The van der Waals surface area contributed by atoms with Gasteiger partial charge in [0.05, 0.1) is 14.7 Å². The number of ether oxygens (including phenoxy) is 1. The molecule has 0 unspecified atom stereocenters. The van der Waals surface area contributed by atoms with Crippen molar-refractivity contribution < 1.29 is 4.74 Å². The van der Waals surface area contributed by atoms with E-state index in [9.17, 15) is 0 Å². The fourth-order valence-electron chi connectivity index (χ4n) is 1.45. The van der Waals surface area contributed by atoms with Gasteiger partial charge < -0.3 is 4.74 Å². The van der Waals surface area contributed by atoms with Crippen LogP contribution < -0.4 is 4.74 Å². The van der Waals surface area contributed by atoms with Gasteiger partial charge in [0.1, 0.15) is 12.4 Å². The molecule has 6 heteroatoms. The molecule has 1 nitrogen and oxygen atoms in total. The summed E-state index contributed by atoms with van der Waals surface area (Å²) < 4.78 is 6.80. The average Bonchev–Trinajstić information content (AvgIpc) is 2.73. The van der Waals surface area contributed by atoms with Crippen LogP contribution in [0.2, 0.25) is 10.0 Å². The molecule has 1 heterocycles. The molecule has 18 heavy (non-hydrogen) atoms. The van der Waals surface area contributed by atoms with Gasteiger partial charge in [-0.1, -0.05) is 23.2 Å². The molecule has 0 aliphatic rings. The monoisotopic (exact) mass is 384 g/mol. The molecule has 0 amide bonds. The van der Waals surface area contributed by atoms with Crippen LogP contribution in [-0.2, 0) is 12.5 Å². The second-order valence-corrected chi connectivity index (χ2v) is 7.16. The van der Waals surface area contributed by atoms with Crippen LogP contribution in [0.15, 0.2) is 28.1 Å². The minimum atomic E-state index is 0.309. The van der Waals surface area contributed by atoms with Crippen molar-refractivity contribution in [3.63, 3.8) is 0 Å². The predicted octanol–water partition coefficient (Wildman–Crippen LogP) is 6.14. The molecule has 0 spiro atoms. The predicted molar refractivity (Wildman–Crippen MR) is 82.4 cm³/mol. The number of alkyl halides is 1. The number of rotatable bonds is 4. The Morgan fingerprint density at radius 3 is 2.61 bits per heavy atom. The second kappa shape index (κ2) is 6.49.